The molecule has 1 N–H and O–H groups in total. The van der Waals surface area contributed by atoms with E-state index < -0.39 is 0 Å². The van der Waals surface area contributed by atoms with Gasteiger partial charge < -0.3 is 5.32 Å². The fourth-order valence-corrected chi connectivity index (χ4v) is 1.80. The van der Waals surface area contributed by atoms with Crippen molar-refractivity contribution >= 4 is 17.8 Å². The monoisotopic (exact) mass is 267 g/mol. The number of hydrogen-bond acceptors (Lipinski definition) is 3. The number of pyridine rings is 1. The zero-order valence-electron chi connectivity index (χ0n) is 11.8. The first-order chi connectivity index (χ1) is 9.61. The van der Waals surface area contributed by atoms with E-state index in [-0.39, 0.29) is 5.91 Å². The van der Waals surface area contributed by atoms with Crippen LogP contribution in [0.25, 0.3) is 0 Å². The summed E-state index contributed by atoms with van der Waals surface area (Å²) in [6, 6.07) is 9.34. The molecule has 0 saturated heterocycles. The Morgan fingerprint density at radius 1 is 1.25 bits per heavy atom. The Labute approximate surface area is 118 Å². The zero-order valence-corrected chi connectivity index (χ0v) is 11.8. The largest absolute Gasteiger partial charge is 0.355 e. The van der Waals surface area contributed by atoms with Crippen molar-refractivity contribution < 1.29 is 4.79 Å². The second-order valence-electron chi connectivity index (χ2n) is 4.54. The lowest BCUT2D eigenvalue weighted by Crippen LogP contribution is -2.17. The van der Waals surface area contributed by atoms with Crippen molar-refractivity contribution in [2.45, 2.75) is 13.8 Å². The first kappa shape index (κ1) is 13.9. The van der Waals surface area contributed by atoms with Crippen molar-refractivity contribution in [2.75, 3.05) is 7.05 Å². The number of aliphatic imine (C=N–C) groups is 1. The van der Waals surface area contributed by atoms with Crippen LogP contribution in [0.2, 0.25) is 0 Å². The second kappa shape index (κ2) is 6.10. The molecular formula is C16H17N3O. The maximum Gasteiger partial charge on any atom is 0.251 e. The average molecular weight is 267 g/mol. The summed E-state index contributed by atoms with van der Waals surface area (Å²) >= 11 is 0. The second-order valence-corrected chi connectivity index (χ2v) is 4.54. The van der Waals surface area contributed by atoms with Crippen LogP contribution in [0.5, 0.6) is 0 Å². The molecule has 2 aromatic rings. The number of carbonyl (C=O) groups excluding carboxylic acids is 1. The Hall–Kier alpha value is -2.49. The van der Waals surface area contributed by atoms with Crippen molar-refractivity contribution in [3.63, 3.8) is 0 Å². The fourth-order valence-electron chi connectivity index (χ4n) is 1.80. The van der Waals surface area contributed by atoms with Crippen molar-refractivity contribution in [1.29, 1.82) is 0 Å². The summed E-state index contributed by atoms with van der Waals surface area (Å²) in [6.45, 7) is 3.95. The number of aromatic nitrogens is 1. The molecule has 0 radical (unpaired) electrons. The molecule has 0 aliphatic rings. The molecule has 0 fully saturated rings. The minimum atomic E-state index is -0.115. The normalized spacial score (nSPS) is 10.8. The van der Waals surface area contributed by atoms with E-state index in [2.05, 4.69) is 15.3 Å². The third-order valence-electron chi connectivity index (χ3n) is 3.07. The standard InChI is InChI=1S/C16H17N3O/c1-11-5-4-8-18-15(11)10-19-14-9-13(16(20)17-3)7-6-12(14)2/h4-10H,1-3H3,(H,17,20). The fraction of sp³-hybridized carbons (Fsp3) is 0.188. The van der Waals surface area contributed by atoms with Gasteiger partial charge in [0.2, 0.25) is 0 Å². The van der Waals surface area contributed by atoms with E-state index in [1.165, 1.54) is 0 Å². The molecule has 0 saturated carbocycles. The predicted octanol–water partition coefficient (Wildman–Crippen LogP) is 2.81. The van der Waals surface area contributed by atoms with E-state index >= 15 is 0 Å². The molecule has 2 rings (SSSR count). The van der Waals surface area contributed by atoms with Crippen LogP contribution in [-0.2, 0) is 0 Å². The van der Waals surface area contributed by atoms with Gasteiger partial charge in [-0.15, -0.1) is 0 Å². The molecule has 1 aromatic heterocycles. The lowest BCUT2D eigenvalue weighted by Gasteiger charge is -2.04. The lowest BCUT2D eigenvalue weighted by atomic mass is 10.1. The smallest absolute Gasteiger partial charge is 0.251 e. The molecule has 0 aliphatic carbocycles. The van der Waals surface area contributed by atoms with Crippen LogP contribution < -0.4 is 5.32 Å². The highest BCUT2D eigenvalue weighted by atomic mass is 16.1. The Morgan fingerprint density at radius 2 is 2.05 bits per heavy atom. The van der Waals surface area contributed by atoms with Gasteiger partial charge in [0.05, 0.1) is 17.6 Å². The van der Waals surface area contributed by atoms with Crippen LogP contribution in [0, 0.1) is 13.8 Å². The summed E-state index contributed by atoms with van der Waals surface area (Å²) in [6.07, 6.45) is 3.47. The lowest BCUT2D eigenvalue weighted by molar-refractivity contribution is 0.0963. The van der Waals surface area contributed by atoms with Crippen LogP contribution in [0.1, 0.15) is 27.2 Å². The van der Waals surface area contributed by atoms with Gasteiger partial charge >= 0.3 is 0 Å². The number of aryl methyl sites for hydroxylation is 2. The summed E-state index contributed by atoms with van der Waals surface area (Å²) in [5, 5.41) is 2.61. The number of nitrogens with one attached hydrogen (secondary N) is 1. The van der Waals surface area contributed by atoms with Crippen LogP contribution in [0.15, 0.2) is 41.5 Å². The van der Waals surface area contributed by atoms with Gasteiger partial charge in [-0.1, -0.05) is 12.1 Å². The molecule has 1 amide bonds. The number of hydrogen-bond donors (Lipinski definition) is 1. The maximum absolute atomic E-state index is 11.6. The Balaban J connectivity index is 2.33. The minimum Gasteiger partial charge on any atom is -0.355 e. The summed E-state index contributed by atoms with van der Waals surface area (Å²) in [5.41, 5.74) is 4.29. The average Bonchev–Trinajstić information content (AvgIpc) is 2.47. The molecule has 1 aromatic carbocycles. The minimum absolute atomic E-state index is 0.115. The first-order valence-electron chi connectivity index (χ1n) is 6.40. The third-order valence-corrected chi connectivity index (χ3v) is 3.07. The third kappa shape index (κ3) is 3.09. The predicted molar refractivity (Wildman–Crippen MR) is 80.8 cm³/mol. The highest BCUT2D eigenvalue weighted by molar-refractivity contribution is 5.95. The summed E-state index contributed by atoms with van der Waals surface area (Å²) in [5.74, 6) is -0.115. The van der Waals surface area contributed by atoms with Gasteiger partial charge in [0, 0.05) is 18.8 Å². The van der Waals surface area contributed by atoms with E-state index in [4.69, 9.17) is 0 Å². The summed E-state index contributed by atoms with van der Waals surface area (Å²) in [7, 11) is 1.61. The van der Waals surface area contributed by atoms with Crippen molar-refractivity contribution in [2.24, 2.45) is 4.99 Å². The Morgan fingerprint density at radius 3 is 2.75 bits per heavy atom. The van der Waals surface area contributed by atoms with Gasteiger partial charge in [-0.05, 0) is 43.2 Å². The summed E-state index contributed by atoms with van der Waals surface area (Å²) < 4.78 is 0. The summed E-state index contributed by atoms with van der Waals surface area (Å²) in [4.78, 5) is 20.3. The Bertz CT molecular complexity index is 663. The van der Waals surface area contributed by atoms with Crippen molar-refractivity contribution in [1.82, 2.24) is 10.3 Å². The number of amides is 1. The van der Waals surface area contributed by atoms with E-state index in [0.29, 0.717) is 5.56 Å². The van der Waals surface area contributed by atoms with E-state index in [1.54, 1.807) is 31.6 Å². The van der Waals surface area contributed by atoms with Gasteiger partial charge in [-0.25, -0.2) is 0 Å². The van der Waals surface area contributed by atoms with Crippen LogP contribution in [0.4, 0.5) is 5.69 Å². The molecule has 20 heavy (non-hydrogen) atoms. The molecule has 0 aliphatic heterocycles. The SMILES string of the molecule is CNC(=O)c1ccc(C)c(N=Cc2ncccc2C)c1. The van der Waals surface area contributed by atoms with Gasteiger partial charge in [0.25, 0.3) is 5.91 Å². The number of benzene rings is 1. The van der Waals surface area contributed by atoms with Gasteiger partial charge in [0.15, 0.2) is 0 Å². The quantitative estimate of drug-likeness (QED) is 0.869. The van der Waals surface area contributed by atoms with Crippen molar-refractivity contribution in [3.8, 4) is 0 Å². The molecule has 0 unspecified atom stereocenters. The first-order valence-corrected chi connectivity index (χ1v) is 6.40. The van der Waals surface area contributed by atoms with Gasteiger partial charge in [0.1, 0.15) is 0 Å². The maximum atomic E-state index is 11.6. The molecule has 102 valence electrons. The molecule has 1 heterocycles. The van der Waals surface area contributed by atoms with Gasteiger partial charge in [-0.3, -0.25) is 14.8 Å². The number of nitrogens with zero attached hydrogens (tertiary/aromatic N) is 2. The topological polar surface area (TPSA) is 54.4 Å². The van der Waals surface area contributed by atoms with Crippen LogP contribution >= 0.6 is 0 Å². The van der Waals surface area contributed by atoms with Gasteiger partial charge in [-0.2, -0.15) is 0 Å². The molecular weight excluding hydrogens is 250 g/mol. The highest BCUT2D eigenvalue weighted by Gasteiger charge is 2.05. The van der Waals surface area contributed by atoms with Crippen LogP contribution in [0.3, 0.4) is 0 Å². The number of carbonyl (C=O) groups is 1. The van der Waals surface area contributed by atoms with E-state index in [0.717, 1.165) is 22.5 Å². The molecule has 4 nitrogen and oxygen atoms in total. The molecule has 0 bridgehead atoms. The highest BCUT2D eigenvalue weighted by Crippen LogP contribution is 2.20. The molecule has 0 spiro atoms. The van der Waals surface area contributed by atoms with Crippen LogP contribution in [-0.4, -0.2) is 24.2 Å². The zero-order chi connectivity index (χ0) is 14.5. The molecule has 0 atom stereocenters. The Kier molecular flexibility index (Phi) is 4.25. The molecule has 4 heteroatoms. The van der Waals surface area contributed by atoms with Crippen molar-refractivity contribution in [3.05, 3.63) is 58.9 Å². The number of rotatable bonds is 3. The van der Waals surface area contributed by atoms with E-state index in [1.807, 2.05) is 32.0 Å². The van der Waals surface area contributed by atoms with E-state index in [9.17, 15) is 4.79 Å².